The Balaban J connectivity index is 1.49. The molecule has 1 aliphatic heterocycles. The van der Waals surface area contributed by atoms with E-state index in [0.717, 1.165) is 12.0 Å². The van der Waals surface area contributed by atoms with Crippen LogP contribution < -0.4 is 14.8 Å². The summed E-state index contributed by atoms with van der Waals surface area (Å²) in [6, 6.07) is 12.3. The van der Waals surface area contributed by atoms with E-state index in [2.05, 4.69) is 15.5 Å². The highest BCUT2D eigenvalue weighted by atomic mass is 16.5. The quantitative estimate of drug-likeness (QED) is 0.778. The number of nitrogens with zero attached hydrogens (tertiary/aromatic N) is 2. The van der Waals surface area contributed by atoms with Crippen molar-refractivity contribution in [1.29, 1.82) is 0 Å². The lowest BCUT2D eigenvalue weighted by Crippen LogP contribution is -2.11. The highest BCUT2D eigenvalue weighted by molar-refractivity contribution is 6.04. The minimum Gasteiger partial charge on any atom is -0.490 e. The summed E-state index contributed by atoms with van der Waals surface area (Å²) in [4.78, 5) is 16.6. The first-order chi connectivity index (χ1) is 12.7. The lowest BCUT2D eigenvalue weighted by atomic mass is 10.1. The van der Waals surface area contributed by atoms with E-state index in [-0.39, 0.29) is 5.91 Å². The standard InChI is InChI=1S/C19H17N3O4/c1-12-20-19(26-22-12)14-5-3-13(4-6-14)18(23)21-15-7-8-16-17(11-15)25-10-2-9-24-16/h3-8,11H,2,9-10H2,1H3,(H,21,23). The Morgan fingerprint density at radius 1 is 1.04 bits per heavy atom. The SMILES string of the molecule is Cc1noc(-c2ccc(C(=O)Nc3ccc4c(c3)OCCCO4)cc2)n1. The van der Waals surface area contributed by atoms with Gasteiger partial charge < -0.3 is 19.3 Å². The van der Waals surface area contributed by atoms with Crippen molar-refractivity contribution in [2.45, 2.75) is 13.3 Å². The molecule has 0 aliphatic carbocycles. The van der Waals surface area contributed by atoms with Crippen LogP contribution in [0.3, 0.4) is 0 Å². The van der Waals surface area contributed by atoms with Gasteiger partial charge in [0, 0.05) is 29.3 Å². The smallest absolute Gasteiger partial charge is 0.257 e. The van der Waals surface area contributed by atoms with Crippen LogP contribution >= 0.6 is 0 Å². The number of ether oxygens (including phenoxy) is 2. The largest absolute Gasteiger partial charge is 0.490 e. The molecule has 0 unspecified atom stereocenters. The molecule has 2 aromatic carbocycles. The van der Waals surface area contributed by atoms with Gasteiger partial charge in [-0.3, -0.25) is 4.79 Å². The van der Waals surface area contributed by atoms with Gasteiger partial charge >= 0.3 is 0 Å². The Kier molecular flexibility index (Phi) is 4.27. The number of nitrogens with one attached hydrogen (secondary N) is 1. The van der Waals surface area contributed by atoms with E-state index in [1.165, 1.54) is 0 Å². The number of aromatic nitrogens is 2. The lowest BCUT2D eigenvalue weighted by Gasteiger charge is -2.10. The molecule has 7 heteroatoms. The zero-order valence-corrected chi connectivity index (χ0v) is 14.2. The molecule has 0 saturated heterocycles. The van der Waals surface area contributed by atoms with Gasteiger partial charge in [-0.15, -0.1) is 0 Å². The summed E-state index contributed by atoms with van der Waals surface area (Å²) in [6.07, 6.45) is 0.836. The molecule has 2 heterocycles. The Morgan fingerprint density at radius 2 is 1.81 bits per heavy atom. The number of amides is 1. The second-order valence-electron chi connectivity index (χ2n) is 5.89. The van der Waals surface area contributed by atoms with Gasteiger partial charge in [-0.2, -0.15) is 4.98 Å². The van der Waals surface area contributed by atoms with Crippen LogP contribution in [0.1, 0.15) is 22.6 Å². The van der Waals surface area contributed by atoms with Gasteiger partial charge in [0.05, 0.1) is 13.2 Å². The Hall–Kier alpha value is -3.35. The molecule has 0 saturated carbocycles. The van der Waals surface area contributed by atoms with Gasteiger partial charge in [0.25, 0.3) is 11.8 Å². The summed E-state index contributed by atoms with van der Waals surface area (Å²) < 4.78 is 16.4. The summed E-state index contributed by atoms with van der Waals surface area (Å²) in [5, 5.41) is 6.63. The summed E-state index contributed by atoms with van der Waals surface area (Å²) in [5.41, 5.74) is 1.94. The van der Waals surface area contributed by atoms with E-state index in [1.54, 1.807) is 49.4 Å². The first-order valence-electron chi connectivity index (χ1n) is 8.31. The number of aryl methyl sites for hydroxylation is 1. The van der Waals surface area contributed by atoms with Crippen LogP contribution in [0.2, 0.25) is 0 Å². The van der Waals surface area contributed by atoms with Crippen molar-refractivity contribution in [2.24, 2.45) is 0 Å². The van der Waals surface area contributed by atoms with Crippen molar-refractivity contribution in [3.63, 3.8) is 0 Å². The molecule has 7 nitrogen and oxygen atoms in total. The average molecular weight is 351 g/mol. The van der Waals surface area contributed by atoms with Crippen molar-refractivity contribution in [3.8, 4) is 23.0 Å². The summed E-state index contributed by atoms with van der Waals surface area (Å²) in [6.45, 7) is 2.98. The van der Waals surface area contributed by atoms with Gasteiger partial charge in [-0.05, 0) is 43.3 Å². The third-order valence-corrected chi connectivity index (χ3v) is 3.93. The highest BCUT2D eigenvalue weighted by Gasteiger charge is 2.13. The maximum Gasteiger partial charge on any atom is 0.257 e. The van der Waals surface area contributed by atoms with Crippen molar-refractivity contribution in [1.82, 2.24) is 10.1 Å². The number of anilines is 1. The molecule has 1 aromatic heterocycles. The molecule has 1 amide bonds. The molecule has 1 aliphatic rings. The van der Waals surface area contributed by atoms with Crippen LogP contribution in [0, 0.1) is 6.92 Å². The minimum atomic E-state index is -0.215. The molecule has 0 radical (unpaired) electrons. The topological polar surface area (TPSA) is 86.5 Å². The van der Waals surface area contributed by atoms with Gasteiger partial charge in [0.15, 0.2) is 17.3 Å². The van der Waals surface area contributed by atoms with Crippen molar-refractivity contribution >= 4 is 11.6 Å². The van der Waals surface area contributed by atoms with Crippen LogP contribution in [-0.4, -0.2) is 29.3 Å². The molecule has 3 aromatic rings. The fourth-order valence-corrected chi connectivity index (χ4v) is 2.62. The summed E-state index contributed by atoms with van der Waals surface area (Å²) in [7, 11) is 0. The molecule has 0 spiro atoms. The number of hydrogen-bond donors (Lipinski definition) is 1. The average Bonchev–Trinajstić information content (AvgIpc) is 2.95. The van der Waals surface area contributed by atoms with E-state index in [1.807, 2.05) is 0 Å². The van der Waals surface area contributed by atoms with Gasteiger partial charge in [-0.1, -0.05) is 5.16 Å². The maximum absolute atomic E-state index is 12.5. The van der Waals surface area contributed by atoms with Gasteiger partial charge in [0.2, 0.25) is 0 Å². The van der Waals surface area contributed by atoms with E-state index in [9.17, 15) is 4.79 Å². The second kappa shape index (κ2) is 6.87. The molecule has 0 fully saturated rings. The first kappa shape index (κ1) is 16.1. The van der Waals surface area contributed by atoms with E-state index < -0.39 is 0 Å². The van der Waals surface area contributed by atoms with E-state index in [0.29, 0.717) is 47.7 Å². The van der Waals surface area contributed by atoms with Gasteiger partial charge in [-0.25, -0.2) is 0 Å². The van der Waals surface area contributed by atoms with Gasteiger partial charge in [0.1, 0.15) is 0 Å². The normalized spacial score (nSPS) is 13.1. The van der Waals surface area contributed by atoms with E-state index in [4.69, 9.17) is 14.0 Å². The number of benzene rings is 2. The Morgan fingerprint density at radius 3 is 2.54 bits per heavy atom. The molecule has 26 heavy (non-hydrogen) atoms. The predicted molar refractivity (Wildman–Crippen MR) is 94.5 cm³/mol. The molecule has 0 bridgehead atoms. The van der Waals surface area contributed by atoms with Crippen LogP contribution in [-0.2, 0) is 0 Å². The number of hydrogen-bond acceptors (Lipinski definition) is 6. The zero-order valence-electron chi connectivity index (χ0n) is 14.2. The monoisotopic (exact) mass is 351 g/mol. The Labute approximate surface area is 149 Å². The summed E-state index contributed by atoms with van der Waals surface area (Å²) in [5.74, 6) is 2.11. The maximum atomic E-state index is 12.5. The summed E-state index contributed by atoms with van der Waals surface area (Å²) >= 11 is 0. The zero-order chi connectivity index (χ0) is 17.9. The minimum absolute atomic E-state index is 0.215. The van der Waals surface area contributed by atoms with Crippen molar-refractivity contribution in [2.75, 3.05) is 18.5 Å². The van der Waals surface area contributed by atoms with E-state index >= 15 is 0 Å². The number of carbonyl (C=O) groups is 1. The Bertz CT molecular complexity index is 934. The second-order valence-corrected chi connectivity index (χ2v) is 5.89. The molecular weight excluding hydrogens is 334 g/mol. The van der Waals surface area contributed by atoms with Crippen molar-refractivity contribution in [3.05, 3.63) is 53.9 Å². The highest BCUT2D eigenvalue weighted by Crippen LogP contribution is 2.32. The number of carbonyl (C=O) groups excluding carboxylic acids is 1. The van der Waals surface area contributed by atoms with Crippen LogP contribution in [0.15, 0.2) is 47.0 Å². The lowest BCUT2D eigenvalue weighted by molar-refractivity contribution is 0.102. The molecule has 132 valence electrons. The van der Waals surface area contributed by atoms with Crippen LogP contribution in [0.5, 0.6) is 11.5 Å². The fourth-order valence-electron chi connectivity index (χ4n) is 2.62. The predicted octanol–water partition coefficient (Wildman–Crippen LogP) is 3.46. The third-order valence-electron chi connectivity index (χ3n) is 3.93. The number of fused-ring (bicyclic) bond motifs is 1. The molecular formula is C19H17N3O4. The molecule has 4 rings (SSSR count). The third kappa shape index (κ3) is 3.37. The first-order valence-corrected chi connectivity index (χ1v) is 8.31. The van der Waals surface area contributed by atoms with Crippen LogP contribution in [0.25, 0.3) is 11.5 Å². The number of rotatable bonds is 3. The molecule has 1 N–H and O–H groups in total. The van der Waals surface area contributed by atoms with Crippen LogP contribution in [0.4, 0.5) is 5.69 Å². The van der Waals surface area contributed by atoms with Crippen molar-refractivity contribution < 1.29 is 18.8 Å². The molecule has 0 atom stereocenters. The fraction of sp³-hybridized carbons (Fsp3) is 0.211.